The SMILES string of the molecule is CCC(COC)Nc1nc2cc(F)ccc2s1. The van der Waals surface area contributed by atoms with E-state index in [1.807, 2.05) is 0 Å². The van der Waals surface area contributed by atoms with Crippen molar-refractivity contribution in [2.75, 3.05) is 19.0 Å². The van der Waals surface area contributed by atoms with Crippen LogP contribution in [0.5, 0.6) is 0 Å². The Bertz CT molecular complexity index is 500. The van der Waals surface area contributed by atoms with Crippen molar-refractivity contribution in [3.05, 3.63) is 24.0 Å². The summed E-state index contributed by atoms with van der Waals surface area (Å²) in [7, 11) is 1.68. The first-order chi connectivity index (χ1) is 8.22. The second kappa shape index (κ2) is 5.42. The monoisotopic (exact) mass is 254 g/mol. The van der Waals surface area contributed by atoms with E-state index in [1.54, 1.807) is 13.2 Å². The Labute approximate surface area is 104 Å². The van der Waals surface area contributed by atoms with Crippen molar-refractivity contribution < 1.29 is 9.13 Å². The van der Waals surface area contributed by atoms with Crippen LogP contribution < -0.4 is 5.32 Å². The maximum absolute atomic E-state index is 13.0. The molecule has 92 valence electrons. The third-order valence-corrected chi connectivity index (χ3v) is 3.51. The van der Waals surface area contributed by atoms with E-state index in [-0.39, 0.29) is 11.9 Å². The molecule has 1 unspecified atom stereocenters. The third-order valence-electron chi connectivity index (χ3n) is 2.54. The Morgan fingerprint density at radius 3 is 3.06 bits per heavy atom. The molecule has 0 aliphatic heterocycles. The van der Waals surface area contributed by atoms with Crippen molar-refractivity contribution in [3.63, 3.8) is 0 Å². The molecule has 0 saturated heterocycles. The van der Waals surface area contributed by atoms with E-state index in [0.29, 0.717) is 12.1 Å². The molecule has 0 aliphatic rings. The van der Waals surface area contributed by atoms with Crippen molar-refractivity contribution in [1.82, 2.24) is 4.98 Å². The molecule has 1 heterocycles. The summed E-state index contributed by atoms with van der Waals surface area (Å²) < 4.78 is 19.1. The van der Waals surface area contributed by atoms with Crippen molar-refractivity contribution in [3.8, 4) is 0 Å². The molecule has 0 amide bonds. The topological polar surface area (TPSA) is 34.1 Å². The molecule has 1 atom stereocenters. The number of halogens is 1. The minimum atomic E-state index is -0.252. The molecule has 2 rings (SSSR count). The molecule has 1 N–H and O–H groups in total. The highest BCUT2D eigenvalue weighted by Crippen LogP contribution is 2.27. The fraction of sp³-hybridized carbons (Fsp3) is 0.417. The Morgan fingerprint density at radius 1 is 1.53 bits per heavy atom. The number of nitrogens with one attached hydrogen (secondary N) is 1. The van der Waals surface area contributed by atoms with Crippen LogP contribution in [0.1, 0.15) is 13.3 Å². The molecule has 17 heavy (non-hydrogen) atoms. The average Bonchev–Trinajstić information content (AvgIpc) is 2.69. The first-order valence-electron chi connectivity index (χ1n) is 5.54. The maximum atomic E-state index is 13.0. The first kappa shape index (κ1) is 12.3. The summed E-state index contributed by atoms with van der Waals surface area (Å²) in [5.41, 5.74) is 0.699. The van der Waals surface area contributed by atoms with Crippen molar-refractivity contribution >= 4 is 26.7 Å². The number of hydrogen-bond acceptors (Lipinski definition) is 4. The lowest BCUT2D eigenvalue weighted by Crippen LogP contribution is -2.23. The van der Waals surface area contributed by atoms with Crippen LogP contribution in [0, 0.1) is 5.82 Å². The van der Waals surface area contributed by atoms with Crippen LogP contribution in [0.15, 0.2) is 18.2 Å². The quantitative estimate of drug-likeness (QED) is 0.889. The summed E-state index contributed by atoms with van der Waals surface area (Å²) >= 11 is 1.53. The molecule has 0 bridgehead atoms. The van der Waals surface area contributed by atoms with Gasteiger partial charge in [0, 0.05) is 13.2 Å². The molecular weight excluding hydrogens is 239 g/mol. The van der Waals surface area contributed by atoms with Gasteiger partial charge in [0.05, 0.1) is 22.9 Å². The van der Waals surface area contributed by atoms with Crippen LogP contribution in [-0.4, -0.2) is 24.7 Å². The molecule has 0 aliphatic carbocycles. The number of methoxy groups -OCH3 is 1. The van der Waals surface area contributed by atoms with E-state index in [2.05, 4.69) is 17.2 Å². The Balaban J connectivity index is 2.18. The minimum Gasteiger partial charge on any atom is -0.383 e. The summed E-state index contributed by atoms with van der Waals surface area (Å²) in [4.78, 5) is 4.36. The predicted octanol–water partition coefficient (Wildman–Crippen LogP) is 3.27. The van der Waals surface area contributed by atoms with Crippen LogP contribution in [0.3, 0.4) is 0 Å². The van der Waals surface area contributed by atoms with Gasteiger partial charge in [-0.25, -0.2) is 9.37 Å². The highest BCUT2D eigenvalue weighted by atomic mass is 32.1. The summed E-state index contributed by atoms with van der Waals surface area (Å²) in [5.74, 6) is -0.252. The van der Waals surface area contributed by atoms with Gasteiger partial charge < -0.3 is 10.1 Å². The molecule has 1 aromatic heterocycles. The molecule has 3 nitrogen and oxygen atoms in total. The van der Waals surface area contributed by atoms with Gasteiger partial charge in [0.25, 0.3) is 0 Å². The van der Waals surface area contributed by atoms with E-state index in [1.165, 1.54) is 23.5 Å². The minimum absolute atomic E-state index is 0.241. The van der Waals surface area contributed by atoms with Crippen molar-refractivity contribution in [1.29, 1.82) is 0 Å². The Kier molecular flexibility index (Phi) is 3.91. The van der Waals surface area contributed by atoms with Crippen molar-refractivity contribution in [2.45, 2.75) is 19.4 Å². The zero-order valence-electron chi connectivity index (χ0n) is 9.87. The van der Waals surface area contributed by atoms with E-state index in [9.17, 15) is 4.39 Å². The number of thiazole rings is 1. The molecule has 2 aromatic rings. The normalized spacial score (nSPS) is 12.9. The van der Waals surface area contributed by atoms with Crippen LogP contribution in [0.4, 0.5) is 9.52 Å². The molecular formula is C12H15FN2OS. The standard InChI is InChI=1S/C12H15FN2OS/c1-3-9(7-16-2)14-12-15-10-6-8(13)4-5-11(10)17-12/h4-6,9H,3,7H2,1-2H3,(H,14,15). The van der Waals surface area contributed by atoms with Gasteiger partial charge in [0.2, 0.25) is 0 Å². The summed E-state index contributed by atoms with van der Waals surface area (Å²) in [6, 6.07) is 4.90. The number of hydrogen-bond donors (Lipinski definition) is 1. The smallest absolute Gasteiger partial charge is 0.184 e. The average molecular weight is 254 g/mol. The fourth-order valence-electron chi connectivity index (χ4n) is 1.60. The van der Waals surface area contributed by atoms with Crippen LogP contribution >= 0.6 is 11.3 Å². The van der Waals surface area contributed by atoms with Gasteiger partial charge in [0.1, 0.15) is 5.82 Å². The maximum Gasteiger partial charge on any atom is 0.184 e. The molecule has 0 saturated carbocycles. The molecule has 0 radical (unpaired) electrons. The van der Waals surface area contributed by atoms with E-state index in [0.717, 1.165) is 16.3 Å². The van der Waals surface area contributed by atoms with Gasteiger partial charge in [-0.05, 0) is 18.6 Å². The lowest BCUT2D eigenvalue weighted by Gasteiger charge is -2.14. The molecule has 0 spiro atoms. The third kappa shape index (κ3) is 2.92. The zero-order valence-corrected chi connectivity index (χ0v) is 10.7. The van der Waals surface area contributed by atoms with Crippen molar-refractivity contribution in [2.24, 2.45) is 0 Å². The summed E-state index contributed by atoms with van der Waals surface area (Å²) in [5, 5.41) is 4.11. The molecule has 5 heteroatoms. The highest BCUT2D eigenvalue weighted by molar-refractivity contribution is 7.22. The second-order valence-corrected chi connectivity index (χ2v) is 4.87. The number of benzene rings is 1. The number of aromatic nitrogens is 1. The molecule has 0 fully saturated rings. The predicted molar refractivity (Wildman–Crippen MR) is 69.2 cm³/mol. The number of fused-ring (bicyclic) bond motifs is 1. The Hall–Kier alpha value is -1.20. The lowest BCUT2D eigenvalue weighted by molar-refractivity contribution is 0.184. The summed E-state index contributed by atoms with van der Waals surface area (Å²) in [6.07, 6.45) is 0.956. The van der Waals surface area contributed by atoms with E-state index >= 15 is 0 Å². The first-order valence-corrected chi connectivity index (χ1v) is 6.36. The van der Waals surface area contributed by atoms with E-state index in [4.69, 9.17) is 4.74 Å². The largest absolute Gasteiger partial charge is 0.383 e. The number of ether oxygens (including phenoxy) is 1. The van der Waals surface area contributed by atoms with Gasteiger partial charge in [-0.15, -0.1) is 0 Å². The fourth-order valence-corrected chi connectivity index (χ4v) is 2.52. The molecule has 1 aromatic carbocycles. The van der Waals surface area contributed by atoms with Gasteiger partial charge in [-0.2, -0.15) is 0 Å². The Morgan fingerprint density at radius 2 is 2.35 bits per heavy atom. The van der Waals surface area contributed by atoms with Crippen LogP contribution in [-0.2, 0) is 4.74 Å². The van der Waals surface area contributed by atoms with Gasteiger partial charge >= 0.3 is 0 Å². The zero-order chi connectivity index (χ0) is 12.3. The van der Waals surface area contributed by atoms with Crippen LogP contribution in [0.2, 0.25) is 0 Å². The number of anilines is 1. The van der Waals surface area contributed by atoms with Gasteiger partial charge in [-0.1, -0.05) is 18.3 Å². The van der Waals surface area contributed by atoms with Gasteiger partial charge in [-0.3, -0.25) is 0 Å². The van der Waals surface area contributed by atoms with Gasteiger partial charge in [0.15, 0.2) is 5.13 Å². The highest BCUT2D eigenvalue weighted by Gasteiger charge is 2.09. The van der Waals surface area contributed by atoms with Crippen LogP contribution in [0.25, 0.3) is 10.2 Å². The van der Waals surface area contributed by atoms with E-state index < -0.39 is 0 Å². The number of rotatable bonds is 5. The second-order valence-electron chi connectivity index (χ2n) is 3.84. The summed E-state index contributed by atoms with van der Waals surface area (Å²) in [6.45, 7) is 2.73. The lowest BCUT2D eigenvalue weighted by atomic mass is 10.2. The number of nitrogens with zero attached hydrogens (tertiary/aromatic N) is 1.